The number of hydrogen-bond donors (Lipinski definition) is 1. The van der Waals surface area contributed by atoms with Gasteiger partial charge in [0.1, 0.15) is 10.8 Å². The van der Waals surface area contributed by atoms with E-state index in [-0.39, 0.29) is 0 Å². The third-order valence-corrected chi connectivity index (χ3v) is 3.76. The summed E-state index contributed by atoms with van der Waals surface area (Å²) in [6.07, 6.45) is 1.78. The number of aromatic nitrogens is 4. The summed E-state index contributed by atoms with van der Waals surface area (Å²) in [6.45, 7) is 8.83. The second-order valence-electron chi connectivity index (χ2n) is 4.32. The van der Waals surface area contributed by atoms with Crippen LogP contribution in [0.3, 0.4) is 0 Å². The number of hydrogen-bond acceptors (Lipinski definition) is 5. The zero-order valence-corrected chi connectivity index (χ0v) is 12.6. The molecule has 2 aromatic rings. The fourth-order valence-electron chi connectivity index (χ4n) is 1.85. The number of rotatable bonds is 7. The van der Waals surface area contributed by atoms with Crippen LogP contribution in [-0.2, 0) is 25.9 Å². The predicted molar refractivity (Wildman–Crippen MR) is 77.4 cm³/mol. The first-order valence-electron chi connectivity index (χ1n) is 6.83. The van der Waals surface area contributed by atoms with Gasteiger partial charge in [-0.1, -0.05) is 20.8 Å². The van der Waals surface area contributed by atoms with Crippen LogP contribution < -0.4 is 5.32 Å². The number of aryl methyl sites for hydroxylation is 2. The van der Waals surface area contributed by atoms with Crippen molar-refractivity contribution in [1.29, 1.82) is 0 Å². The molecule has 1 N–H and O–H groups in total. The van der Waals surface area contributed by atoms with E-state index in [0.29, 0.717) is 0 Å². The molecule has 5 nitrogen and oxygen atoms in total. The second kappa shape index (κ2) is 6.77. The molecule has 2 heterocycles. The summed E-state index contributed by atoms with van der Waals surface area (Å²) in [4.78, 5) is 9.14. The van der Waals surface area contributed by atoms with E-state index in [1.54, 1.807) is 11.3 Å². The fourth-order valence-corrected chi connectivity index (χ4v) is 2.61. The highest BCUT2D eigenvalue weighted by atomic mass is 32.1. The van der Waals surface area contributed by atoms with Crippen molar-refractivity contribution in [1.82, 2.24) is 25.1 Å². The van der Waals surface area contributed by atoms with E-state index in [0.717, 1.165) is 54.8 Å². The molecule has 0 radical (unpaired) electrons. The molecule has 0 aliphatic carbocycles. The first kappa shape index (κ1) is 14.1. The van der Waals surface area contributed by atoms with E-state index in [9.17, 15) is 0 Å². The van der Waals surface area contributed by atoms with E-state index < -0.39 is 0 Å². The van der Waals surface area contributed by atoms with Crippen molar-refractivity contribution in [2.24, 2.45) is 0 Å². The first-order valence-corrected chi connectivity index (χ1v) is 7.71. The summed E-state index contributed by atoms with van der Waals surface area (Å²) in [6, 6.07) is 0. The highest BCUT2D eigenvalue weighted by molar-refractivity contribution is 7.09. The van der Waals surface area contributed by atoms with E-state index in [2.05, 4.69) is 46.5 Å². The Bertz CT molecular complexity index is 517. The monoisotopic (exact) mass is 279 g/mol. The summed E-state index contributed by atoms with van der Waals surface area (Å²) in [7, 11) is 0. The van der Waals surface area contributed by atoms with Gasteiger partial charge in [0.2, 0.25) is 0 Å². The van der Waals surface area contributed by atoms with Crippen molar-refractivity contribution in [2.75, 3.05) is 6.54 Å². The molecule has 0 aliphatic heterocycles. The van der Waals surface area contributed by atoms with Crippen LogP contribution in [0, 0.1) is 0 Å². The van der Waals surface area contributed by atoms with Crippen LogP contribution in [-0.4, -0.2) is 26.3 Å². The van der Waals surface area contributed by atoms with Gasteiger partial charge >= 0.3 is 0 Å². The van der Waals surface area contributed by atoms with Crippen molar-refractivity contribution in [3.05, 3.63) is 27.7 Å². The molecule has 0 spiro atoms. The molecule has 0 aliphatic rings. The maximum Gasteiger partial charge on any atom is 0.150 e. The Morgan fingerprint density at radius 2 is 2.05 bits per heavy atom. The van der Waals surface area contributed by atoms with Gasteiger partial charge in [-0.05, 0) is 6.54 Å². The SMILES string of the molecule is CCNCc1nc(Cn2nc(CC)nc2CC)cs1. The Kier molecular flexibility index (Phi) is 5.04. The number of thiazole rings is 1. The topological polar surface area (TPSA) is 55.6 Å². The maximum absolute atomic E-state index is 4.62. The fraction of sp³-hybridized carbons (Fsp3) is 0.615. The molecular weight excluding hydrogens is 258 g/mol. The van der Waals surface area contributed by atoms with Crippen LogP contribution in [0.1, 0.15) is 43.1 Å². The summed E-state index contributed by atoms with van der Waals surface area (Å²) in [5, 5.41) is 11.1. The van der Waals surface area contributed by atoms with Gasteiger partial charge in [0.15, 0.2) is 5.82 Å². The third kappa shape index (κ3) is 3.61. The summed E-state index contributed by atoms with van der Waals surface area (Å²) < 4.78 is 1.98. The highest BCUT2D eigenvalue weighted by Gasteiger charge is 2.09. The highest BCUT2D eigenvalue weighted by Crippen LogP contribution is 2.12. The minimum absolute atomic E-state index is 0.721. The molecule has 0 aromatic carbocycles. The molecule has 6 heteroatoms. The largest absolute Gasteiger partial charge is 0.311 e. The molecule has 0 amide bonds. The Balaban J connectivity index is 2.07. The molecule has 0 saturated heterocycles. The van der Waals surface area contributed by atoms with Crippen molar-refractivity contribution < 1.29 is 0 Å². The molecule has 0 unspecified atom stereocenters. The normalized spacial score (nSPS) is 11.1. The first-order chi connectivity index (χ1) is 9.26. The Morgan fingerprint density at radius 1 is 1.21 bits per heavy atom. The smallest absolute Gasteiger partial charge is 0.150 e. The third-order valence-electron chi connectivity index (χ3n) is 2.86. The lowest BCUT2D eigenvalue weighted by atomic mass is 10.4. The lowest BCUT2D eigenvalue weighted by Crippen LogP contribution is -2.12. The van der Waals surface area contributed by atoms with Crippen LogP contribution in [0.5, 0.6) is 0 Å². The molecule has 2 rings (SSSR count). The molecular formula is C13H21N5S. The Hall–Kier alpha value is -1.27. The Labute approximate surface area is 118 Å². The zero-order valence-electron chi connectivity index (χ0n) is 11.8. The van der Waals surface area contributed by atoms with Crippen molar-refractivity contribution >= 4 is 11.3 Å². The van der Waals surface area contributed by atoms with E-state index in [4.69, 9.17) is 0 Å². The van der Waals surface area contributed by atoms with Gasteiger partial charge in [0, 0.05) is 24.8 Å². The standard InChI is InChI=1S/C13H21N5S/c1-4-11-16-12(5-2)18(17-11)8-10-9-19-13(15-10)7-14-6-3/h9,14H,4-8H2,1-3H3. The molecule has 0 bridgehead atoms. The zero-order chi connectivity index (χ0) is 13.7. The molecule has 0 saturated carbocycles. The molecule has 2 aromatic heterocycles. The average molecular weight is 279 g/mol. The van der Waals surface area contributed by atoms with Crippen LogP contribution in [0.15, 0.2) is 5.38 Å². The minimum atomic E-state index is 0.721. The second-order valence-corrected chi connectivity index (χ2v) is 5.26. The van der Waals surface area contributed by atoms with Crippen LogP contribution >= 0.6 is 11.3 Å². The summed E-state index contributed by atoms with van der Waals surface area (Å²) in [5.74, 6) is 1.96. The van der Waals surface area contributed by atoms with Crippen LogP contribution in [0.4, 0.5) is 0 Å². The molecule has 19 heavy (non-hydrogen) atoms. The lowest BCUT2D eigenvalue weighted by Gasteiger charge is -2.01. The van der Waals surface area contributed by atoms with Gasteiger partial charge in [-0.3, -0.25) is 0 Å². The van der Waals surface area contributed by atoms with Crippen LogP contribution in [0.25, 0.3) is 0 Å². The number of nitrogens with one attached hydrogen (secondary N) is 1. The lowest BCUT2D eigenvalue weighted by molar-refractivity contribution is 0.625. The number of nitrogens with zero attached hydrogens (tertiary/aromatic N) is 4. The molecule has 0 fully saturated rings. The molecule has 104 valence electrons. The Morgan fingerprint density at radius 3 is 2.74 bits per heavy atom. The van der Waals surface area contributed by atoms with E-state index in [1.165, 1.54) is 0 Å². The van der Waals surface area contributed by atoms with Gasteiger partial charge in [-0.15, -0.1) is 11.3 Å². The van der Waals surface area contributed by atoms with Gasteiger partial charge < -0.3 is 5.32 Å². The van der Waals surface area contributed by atoms with Gasteiger partial charge in [-0.2, -0.15) is 5.10 Å². The van der Waals surface area contributed by atoms with Crippen molar-refractivity contribution in [3.63, 3.8) is 0 Å². The van der Waals surface area contributed by atoms with Crippen LogP contribution in [0.2, 0.25) is 0 Å². The van der Waals surface area contributed by atoms with E-state index in [1.807, 2.05) is 4.68 Å². The summed E-state index contributed by atoms with van der Waals surface area (Å²) >= 11 is 1.70. The minimum Gasteiger partial charge on any atom is -0.311 e. The van der Waals surface area contributed by atoms with Gasteiger partial charge in [0.05, 0.1) is 12.2 Å². The van der Waals surface area contributed by atoms with Gasteiger partial charge in [-0.25, -0.2) is 14.6 Å². The quantitative estimate of drug-likeness (QED) is 0.842. The average Bonchev–Trinajstić information content (AvgIpc) is 3.03. The predicted octanol–water partition coefficient (Wildman–Crippen LogP) is 2.02. The van der Waals surface area contributed by atoms with Crippen molar-refractivity contribution in [3.8, 4) is 0 Å². The van der Waals surface area contributed by atoms with Crippen molar-refractivity contribution in [2.45, 2.75) is 46.7 Å². The maximum atomic E-state index is 4.62. The van der Waals surface area contributed by atoms with E-state index >= 15 is 0 Å². The summed E-state index contributed by atoms with van der Waals surface area (Å²) in [5.41, 5.74) is 1.07. The molecule has 0 atom stereocenters. The van der Waals surface area contributed by atoms with Gasteiger partial charge in [0.25, 0.3) is 0 Å².